The van der Waals surface area contributed by atoms with E-state index < -0.39 is 6.04 Å². The molecule has 3 aromatic rings. The Morgan fingerprint density at radius 3 is 2.70 bits per heavy atom. The number of carbonyl (C=O) groups is 2. The van der Waals surface area contributed by atoms with E-state index in [0.29, 0.717) is 22.9 Å². The smallest absolute Gasteiger partial charge is 0.265 e. The zero-order chi connectivity index (χ0) is 21.3. The lowest BCUT2D eigenvalue weighted by Crippen LogP contribution is -2.49. The normalized spacial score (nSPS) is 14.0. The van der Waals surface area contributed by atoms with Gasteiger partial charge in [0.05, 0.1) is 23.5 Å². The summed E-state index contributed by atoms with van der Waals surface area (Å²) >= 11 is 1.56. The summed E-state index contributed by atoms with van der Waals surface area (Å²) in [5, 5.41) is 5.77. The second kappa shape index (κ2) is 8.16. The molecule has 1 atom stereocenters. The summed E-state index contributed by atoms with van der Waals surface area (Å²) in [6.45, 7) is 3.53. The number of ether oxygens (including phenoxy) is 2. The van der Waals surface area contributed by atoms with Crippen LogP contribution in [0.25, 0.3) is 11.3 Å². The van der Waals surface area contributed by atoms with Gasteiger partial charge >= 0.3 is 0 Å². The van der Waals surface area contributed by atoms with E-state index in [0.717, 1.165) is 16.3 Å². The molecule has 2 aromatic carbocycles. The molecule has 0 saturated carbocycles. The van der Waals surface area contributed by atoms with Crippen LogP contribution in [0.1, 0.15) is 11.9 Å². The Morgan fingerprint density at radius 1 is 1.27 bits per heavy atom. The number of nitrogens with zero attached hydrogens (tertiary/aromatic N) is 2. The number of fused-ring (bicyclic) bond motifs is 1. The minimum Gasteiger partial charge on any atom is -0.497 e. The summed E-state index contributed by atoms with van der Waals surface area (Å²) in [6, 6.07) is 11.9. The van der Waals surface area contributed by atoms with E-state index in [2.05, 4.69) is 10.3 Å². The molecule has 2 amide bonds. The molecule has 30 heavy (non-hydrogen) atoms. The Hall–Kier alpha value is -3.39. The van der Waals surface area contributed by atoms with Crippen molar-refractivity contribution in [3.05, 3.63) is 52.9 Å². The van der Waals surface area contributed by atoms with Crippen LogP contribution in [-0.4, -0.2) is 36.6 Å². The molecular weight excluding hydrogens is 402 g/mol. The molecule has 7 nitrogen and oxygen atoms in total. The van der Waals surface area contributed by atoms with Gasteiger partial charge in [0.1, 0.15) is 17.5 Å². The molecular formula is C22H21N3O4S. The average molecular weight is 423 g/mol. The molecule has 4 rings (SSSR count). The van der Waals surface area contributed by atoms with Crippen LogP contribution < -0.4 is 19.7 Å². The van der Waals surface area contributed by atoms with Crippen LogP contribution in [0.3, 0.4) is 0 Å². The summed E-state index contributed by atoms with van der Waals surface area (Å²) in [4.78, 5) is 31.6. The van der Waals surface area contributed by atoms with Crippen molar-refractivity contribution in [2.24, 2.45) is 0 Å². The fraction of sp³-hybridized carbons (Fsp3) is 0.227. The van der Waals surface area contributed by atoms with Gasteiger partial charge in [-0.05, 0) is 56.3 Å². The highest BCUT2D eigenvalue weighted by molar-refractivity contribution is 7.09. The van der Waals surface area contributed by atoms with Crippen LogP contribution in [0.5, 0.6) is 11.5 Å². The summed E-state index contributed by atoms with van der Waals surface area (Å²) in [7, 11) is 1.58. The first kappa shape index (κ1) is 19.9. The highest BCUT2D eigenvalue weighted by atomic mass is 32.1. The largest absolute Gasteiger partial charge is 0.497 e. The quantitative estimate of drug-likeness (QED) is 0.674. The first-order valence-electron chi connectivity index (χ1n) is 9.42. The van der Waals surface area contributed by atoms with Crippen LogP contribution >= 0.6 is 11.3 Å². The number of methoxy groups -OCH3 is 1. The summed E-state index contributed by atoms with van der Waals surface area (Å²) in [6.07, 6.45) is 0. The maximum absolute atomic E-state index is 12.9. The van der Waals surface area contributed by atoms with Crippen LogP contribution in [0, 0.1) is 6.92 Å². The molecule has 1 unspecified atom stereocenters. The van der Waals surface area contributed by atoms with E-state index in [1.165, 1.54) is 4.90 Å². The van der Waals surface area contributed by atoms with Gasteiger partial charge in [-0.15, -0.1) is 11.3 Å². The predicted octanol–water partition coefficient (Wildman–Crippen LogP) is 3.88. The topological polar surface area (TPSA) is 80.8 Å². The molecule has 154 valence electrons. The Balaban J connectivity index is 1.61. The number of benzene rings is 2. The molecule has 0 saturated heterocycles. The molecule has 0 radical (unpaired) electrons. The zero-order valence-electron chi connectivity index (χ0n) is 16.8. The lowest BCUT2D eigenvalue weighted by Gasteiger charge is -2.33. The van der Waals surface area contributed by atoms with Gasteiger partial charge in [0.2, 0.25) is 5.91 Å². The fourth-order valence-electron chi connectivity index (χ4n) is 3.29. The number of amides is 2. The number of nitrogens with one attached hydrogen (secondary N) is 1. The number of hydrogen-bond donors (Lipinski definition) is 1. The minimum absolute atomic E-state index is 0.109. The molecule has 0 spiro atoms. The average Bonchev–Trinajstić information content (AvgIpc) is 3.19. The van der Waals surface area contributed by atoms with Gasteiger partial charge in [0.25, 0.3) is 5.91 Å². The number of hydrogen-bond acceptors (Lipinski definition) is 6. The molecule has 1 aliphatic rings. The van der Waals surface area contributed by atoms with Gasteiger partial charge < -0.3 is 14.8 Å². The van der Waals surface area contributed by atoms with Crippen LogP contribution in [0.2, 0.25) is 0 Å². The number of anilines is 2. The summed E-state index contributed by atoms with van der Waals surface area (Å²) in [5.74, 6) is 0.695. The third-order valence-corrected chi connectivity index (χ3v) is 5.65. The minimum atomic E-state index is -0.727. The number of aryl methyl sites for hydroxylation is 1. The lowest BCUT2D eigenvalue weighted by molar-refractivity contribution is -0.125. The van der Waals surface area contributed by atoms with Crippen LogP contribution in [0.15, 0.2) is 47.8 Å². The number of rotatable bonds is 5. The van der Waals surface area contributed by atoms with Crippen molar-refractivity contribution in [2.75, 3.05) is 23.9 Å². The predicted molar refractivity (Wildman–Crippen MR) is 116 cm³/mol. The molecule has 1 aliphatic heterocycles. The molecule has 0 bridgehead atoms. The van der Waals surface area contributed by atoms with Crippen molar-refractivity contribution in [2.45, 2.75) is 19.9 Å². The molecule has 0 fully saturated rings. The molecule has 0 aliphatic carbocycles. The summed E-state index contributed by atoms with van der Waals surface area (Å²) in [5.41, 5.74) is 2.88. The lowest BCUT2D eigenvalue weighted by atomic mass is 10.1. The monoisotopic (exact) mass is 423 g/mol. The van der Waals surface area contributed by atoms with Gasteiger partial charge in [0.15, 0.2) is 6.61 Å². The van der Waals surface area contributed by atoms with Gasteiger partial charge in [-0.3, -0.25) is 14.5 Å². The second-order valence-corrected chi connectivity index (χ2v) is 7.94. The van der Waals surface area contributed by atoms with Crippen molar-refractivity contribution in [3.8, 4) is 22.8 Å². The Kier molecular flexibility index (Phi) is 5.41. The maximum Gasteiger partial charge on any atom is 0.265 e. The molecule has 2 heterocycles. The molecule has 8 heteroatoms. The van der Waals surface area contributed by atoms with Gasteiger partial charge in [-0.25, -0.2) is 4.98 Å². The Bertz CT molecular complexity index is 1090. The van der Waals surface area contributed by atoms with Gasteiger partial charge in [-0.1, -0.05) is 0 Å². The van der Waals surface area contributed by atoms with Crippen molar-refractivity contribution in [1.29, 1.82) is 0 Å². The Morgan fingerprint density at radius 2 is 2.03 bits per heavy atom. The van der Waals surface area contributed by atoms with E-state index in [1.807, 2.05) is 30.5 Å². The van der Waals surface area contributed by atoms with E-state index in [-0.39, 0.29) is 18.4 Å². The molecule has 1 N–H and O–H groups in total. The van der Waals surface area contributed by atoms with E-state index >= 15 is 0 Å². The van der Waals surface area contributed by atoms with Crippen LogP contribution in [-0.2, 0) is 9.59 Å². The zero-order valence-corrected chi connectivity index (χ0v) is 17.7. The van der Waals surface area contributed by atoms with Crippen molar-refractivity contribution in [3.63, 3.8) is 0 Å². The fourth-order valence-corrected chi connectivity index (χ4v) is 3.91. The number of aromatic nitrogens is 1. The van der Waals surface area contributed by atoms with Gasteiger partial charge in [-0.2, -0.15) is 0 Å². The highest BCUT2D eigenvalue weighted by Crippen LogP contribution is 2.37. The van der Waals surface area contributed by atoms with Crippen molar-refractivity contribution >= 4 is 34.5 Å². The maximum atomic E-state index is 12.9. The van der Waals surface area contributed by atoms with E-state index in [9.17, 15) is 9.59 Å². The third kappa shape index (κ3) is 3.86. The van der Waals surface area contributed by atoms with E-state index in [4.69, 9.17) is 9.47 Å². The SMILES string of the molecule is COc1ccc(NC(=O)C(C)N2C(=O)COc3ccc(-c4csc(C)n4)cc32)cc1. The van der Waals surface area contributed by atoms with Crippen molar-refractivity contribution in [1.82, 2.24) is 4.98 Å². The molecule has 1 aromatic heterocycles. The summed E-state index contributed by atoms with van der Waals surface area (Å²) < 4.78 is 10.7. The van der Waals surface area contributed by atoms with E-state index in [1.54, 1.807) is 49.6 Å². The second-order valence-electron chi connectivity index (χ2n) is 6.88. The van der Waals surface area contributed by atoms with Gasteiger partial charge in [0, 0.05) is 16.6 Å². The van der Waals surface area contributed by atoms with Crippen molar-refractivity contribution < 1.29 is 19.1 Å². The first-order chi connectivity index (χ1) is 14.5. The first-order valence-corrected chi connectivity index (χ1v) is 10.3. The number of thiazole rings is 1. The standard InChI is InChI=1S/C22H21N3O4S/c1-13(22(27)24-16-5-7-17(28-3)8-6-16)25-19-10-15(18-12-30-14(2)23-18)4-9-20(19)29-11-21(25)26/h4-10,12-13H,11H2,1-3H3,(H,24,27). The third-order valence-electron chi connectivity index (χ3n) is 4.88. The highest BCUT2D eigenvalue weighted by Gasteiger charge is 2.33. The Labute approximate surface area is 178 Å². The van der Waals surface area contributed by atoms with Crippen LogP contribution in [0.4, 0.5) is 11.4 Å². The number of carbonyl (C=O) groups excluding carboxylic acids is 2.